The first-order valence-electron chi connectivity index (χ1n) is 2.58. The van der Waals surface area contributed by atoms with Crippen LogP contribution in [0.3, 0.4) is 0 Å². The summed E-state index contributed by atoms with van der Waals surface area (Å²) >= 11 is 0. The largest absolute Gasteiger partial charge is 0.480 e. The summed E-state index contributed by atoms with van der Waals surface area (Å²) in [6.07, 6.45) is 0. The molecule has 0 aromatic carbocycles. The predicted molar refractivity (Wildman–Crippen MR) is 35.3 cm³/mol. The molecule has 0 aliphatic heterocycles. The molecule has 1 unspecified atom stereocenters. The van der Waals surface area contributed by atoms with Gasteiger partial charge in [0.05, 0.1) is 7.11 Å². The van der Waals surface area contributed by atoms with E-state index in [1.54, 1.807) is 0 Å². The lowest BCUT2D eigenvalue weighted by Gasteiger charge is -1.90. The molecule has 0 saturated carbocycles. The van der Waals surface area contributed by atoms with E-state index in [0.717, 1.165) is 7.11 Å². The van der Waals surface area contributed by atoms with Crippen molar-refractivity contribution in [2.75, 3.05) is 7.11 Å². The first kappa shape index (κ1) is 12.3. The molecule has 0 aromatic heterocycles. The molecule has 0 aromatic rings. The fraction of sp³-hybridized carbons (Fsp3) is 0.750. The zero-order valence-corrected chi connectivity index (χ0v) is 6.18. The molecule has 0 saturated heterocycles. The fourth-order valence-corrected chi connectivity index (χ4v) is 0. The van der Waals surface area contributed by atoms with Crippen LogP contribution in [0, 0.1) is 10.1 Å². The van der Waals surface area contributed by atoms with Gasteiger partial charge in [-0.05, 0) is 6.92 Å². The van der Waals surface area contributed by atoms with Crippen LogP contribution >= 0.6 is 0 Å². The van der Waals surface area contributed by atoms with Gasteiger partial charge in [0.25, 0.3) is 5.09 Å². The van der Waals surface area contributed by atoms with Crippen molar-refractivity contribution >= 4 is 5.97 Å². The topological polar surface area (TPSA) is 116 Å². The average Bonchev–Trinajstić information content (AvgIpc) is 1.89. The Hall–Kier alpha value is -1.37. The third-order valence-corrected chi connectivity index (χ3v) is 0.539. The van der Waals surface area contributed by atoms with E-state index in [2.05, 4.69) is 4.84 Å². The van der Waals surface area contributed by atoms with Gasteiger partial charge in [-0.3, -0.25) is 4.79 Å². The summed E-state index contributed by atoms with van der Waals surface area (Å²) in [6.45, 7) is 1.42. The first-order valence-corrected chi connectivity index (χ1v) is 2.58. The van der Waals surface area contributed by atoms with Gasteiger partial charge in [0.1, 0.15) is 6.04 Å². The third-order valence-electron chi connectivity index (χ3n) is 0.539. The molecule has 1 atom stereocenters. The van der Waals surface area contributed by atoms with Crippen LogP contribution in [-0.4, -0.2) is 29.3 Å². The summed E-state index contributed by atoms with van der Waals surface area (Å²) in [5.41, 5.74) is 4.84. The number of carboxylic acids is 1. The highest BCUT2D eigenvalue weighted by molar-refractivity contribution is 5.72. The maximum atomic E-state index is 9.57. The molecule has 3 N–H and O–H groups in total. The van der Waals surface area contributed by atoms with Crippen LogP contribution in [0.4, 0.5) is 0 Å². The Bertz CT molecular complexity index is 134. The summed E-state index contributed by atoms with van der Waals surface area (Å²) in [5.74, 6) is -0.963. The number of hydrogen-bond donors (Lipinski definition) is 2. The van der Waals surface area contributed by atoms with Crippen LogP contribution < -0.4 is 5.73 Å². The molecule has 0 spiro atoms. The monoisotopic (exact) mass is 166 g/mol. The van der Waals surface area contributed by atoms with E-state index in [9.17, 15) is 4.79 Å². The second-order valence-electron chi connectivity index (χ2n) is 1.53. The van der Waals surface area contributed by atoms with Crippen molar-refractivity contribution in [2.24, 2.45) is 5.73 Å². The van der Waals surface area contributed by atoms with E-state index in [1.165, 1.54) is 6.92 Å². The van der Waals surface area contributed by atoms with E-state index in [1.807, 2.05) is 0 Å². The van der Waals surface area contributed by atoms with Crippen molar-refractivity contribution in [1.29, 1.82) is 0 Å². The minimum Gasteiger partial charge on any atom is -0.480 e. The quantitative estimate of drug-likeness (QED) is 0.411. The minimum absolute atomic E-state index is 0.731. The van der Waals surface area contributed by atoms with Gasteiger partial charge >= 0.3 is 5.97 Å². The SMILES string of the molecule is CC(N)C(=O)O.CO[N+](=O)[O-]. The van der Waals surface area contributed by atoms with Gasteiger partial charge < -0.3 is 15.7 Å². The first-order chi connectivity index (χ1) is 4.91. The third kappa shape index (κ3) is 17.7. The van der Waals surface area contributed by atoms with Crippen molar-refractivity contribution < 1.29 is 19.8 Å². The molecule has 0 radical (unpaired) electrons. The number of nitrogens with zero attached hydrogens (tertiary/aromatic N) is 1. The Labute approximate surface area is 62.9 Å². The summed E-state index contributed by atoms with van der Waals surface area (Å²) in [5, 5.41) is 15.9. The minimum atomic E-state index is -0.963. The van der Waals surface area contributed by atoms with Gasteiger partial charge in [-0.15, -0.1) is 10.1 Å². The molecule has 0 bridgehead atoms. The second-order valence-corrected chi connectivity index (χ2v) is 1.53. The normalized spacial score (nSPS) is 10.5. The molecule has 0 rings (SSSR count). The number of carbonyl (C=O) groups is 1. The van der Waals surface area contributed by atoms with Gasteiger partial charge in [0.15, 0.2) is 0 Å². The molecule has 66 valence electrons. The summed E-state index contributed by atoms with van der Waals surface area (Å²) < 4.78 is 0. The molecule has 0 aliphatic carbocycles. The smallest absolute Gasteiger partial charge is 0.320 e. The molecule has 0 aliphatic rings. The number of carboxylic acid groups (broad SMARTS) is 1. The molecular weight excluding hydrogens is 156 g/mol. The second kappa shape index (κ2) is 6.75. The number of rotatable bonds is 2. The Balaban J connectivity index is 0. The van der Waals surface area contributed by atoms with Gasteiger partial charge in [0.2, 0.25) is 0 Å². The van der Waals surface area contributed by atoms with E-state index in [0.29, 0.717) is 0 Å². The fourth-order valence-electron chi connectivity index (χ4n) is 0. The molecule has 0 heterocycles. The van der Waals surface area contributed by atoms with Crippen LogP contribution in [0.15, 0.2) is 0 Å². The average molecular weight is 166 g/mol. The van der Waals surface area contributed by atoms with Crippen molar-refractivity contribution in [3.05, 3.63) is 10.1 Å². The highest BCUT2D eigenvalue weighted by atomic mass is 16.9. The molecule has 7 nitrogen and oxygen atoms in total. The van der Waals surface area contributed by atoms with Crippen LogP contribution in [0.2, 0.25) is 0 Å². The summed E-state index contributed by atoms with van der Waals surface area (Å²) in [7, 11) is 1.00. The maximum absolute atomic E-state index is 9.57. The van der Waals surface area contributed by atoms with Gasteiger partial charge in [-0.25, -0.2) is 0 Å². The Morgan fingerprint density at radius 1 is 1.82 bits per heavy atom. The molecule has 7 heteroatoms. The Kier molecular flexibility index (Phi) is 7.56. The van der Waals surface area contributed by atoms with Gasteiger partial charge in [0, 0.05) is 0 Å². The van der Waals surface area contributed by atoms with Crippen LogP contribution in [0.25, 0.3) is 0 Å². The van der Waals surface area contributed by atoms with Crippen molar-refractivity contribution in [3.63, 3.8) is 0 Å². The van der Waals surface area contributed by atoms with Crippen molar-refractivity contribution in [3.8, 4) is 0 Å². The van der Waals surface area contributed by atoms with Crippen molar-refractivity contribution in [1.82, 2.24) is 0 Å². The zero-order chi connectivity index (χ0) is 9.44. The molecule has 0 fully saturated rings. The van der Waals surface area contributed by atoms with Crippen LogP contribution in [0.5, 0.6) is 0 Å². The van der Waals surface area contributed by atoms with Crippen LogP contribution in [-0.2, 0) is 9.63 Å². The standard InChI is InChI=1S/C3H7NO2.CH3NO3/c1-2(4)3(5)6;1-5-2(3)4/h2H,4H2,1H3,(H,5,6);1H3. The zero-order valence-electron chi connectivity index (χ0n) is 6.18. The lowest BCUT2D eigenvalue weighted by molar-refractivity contribution is -0.749. The van der Waals surface area contributed by atoms with E-state index in [-0.39, 0.29) is 0 Å². The summed E-state index contributed by atoms with van der Waals surface area (Å²) in [6, 6.07) is -0.731. The van der Waals surface area contributed by atoms with E-state index < -0.39 is 17.1 Å². The number of hydrogen-bond acceptors (Lipinski definition) is 5. The number of aliphatic carboxylic acids is 1. The summed E-state index contributed by atoms with van der Waals surface area (Å²) in [4.78, 5) is 22.0. The predicted octanol–water partition coefficient (Wildman–Crippen LogP) is -0.757. The maximum Gasteiger partial charge on any atom is 0.320 e. The Morgan fingerprint density at radius 3 is 2.00 bits per heavy atom. The van der Waals surface area contributed by atoms with E-state index in [4.69, 9.17) is 21.0 Å². The van der Waals surface area contributed by atoms with Gasteiger partial charge in [-0.1, -0.05) is 0 Å². The number of nitrogens with two attached hydrogens (primary N) is 1. The van der Waals surface area contributed by atoms with Gasteiger partial charge in [-0.2, -0.15) is 0 Å². The van der Waals surface area contributed by atoms with Crippen molar-refractivity contribution in [2.45, 2.75) is 13.0 Å². The van der Waals surface area contributed by atoms with Crippen LogP contribution in [0.1, 0.15) is 6.92 Å². The highest BCUT2D eigenvalue weighted by Gasteiger charge is 1.99. The highest BCUT2D eigenvalue weighted by Crippen LogP contribution is 1.68. The van der Waals surface area contributed by atoms with E-state index >= 15 is 0 Å². The molecule has 11 heavy (non-hydrogen) atoms. The lowest BCUT2D eigenvalue weighted by Crippen LogP contribution is -2.25. The Morgan fingerprint density at radius 2 is 2.00 bits per heavy atom. The lowest BCUT2D eigenvalue weighted by atomic mass is 10.4. The molecule has 0 amide bonds. The molecular formula is C4H10N2O5.